The number of hydrogen-bond acceptors (Lipinski definition) is 2. The number of rotatable bonds is 2. The Morgan fingerprint density at radius 1 is 1.12 bits per heavy atom. The SMILES string of the molecule is C#CC(O)c1ccc(-c2ccc(Cl)cc2)cn1. The topological polar surface area (TPSA) is 33.1 Å². The highest BCUT2D eigenvalue weighted by Gasteiger charge is 2.05. The zero-order valence-electron chi connectivity index (χ0n) is 8.97. The molecule has 0 saturated carbocycles. The van der Waals surface area contributed by atoms with E-state index in [2.05, 4.69) is 10.9 Å². The summed E-state index contributed by atoms with van der Waals surface area (Å²) in [5, 5.41) is 10.1. The molecule has 2 aromatic rings. The van der Waals surface area contributed by atoms with Crippen LogP contribution in [0.15, 0.2) is 42.6 Å². The molecule has 0 aliphatic rings. The summed E-state index contributed by atoms with van der Waals surface area (Å²) >= 11 is 5.81. The van der Waals surface area contributed by atoms with Crippen LogP contribution in [0.2, 0.25) is 5.02 Å². The molecule has 0 saturated heterocycles. The fourth-order valence-electron chi connectivity index (χ4n) is 1.47. The van der Waals surface area contributed by atoms with Gasteiger partial charge in [0.05, 0.1) is 5.69 Å². The standard InChI is InChI=1S/C14H10ClNO/c1-2-14(17)13-8-5-11(9-16-13)10-3-6-12(15)7-4-10/h1,3-9,14,17H. The highest BCUT2D eigenvalue weighted by Crippen LogP contribution is 2.21. The maximum Gasteiger partial charge on any atom is 0.156 e. The average molecular weight is 244 g/mol. The first kappa shape index (κ1) is 11.7. The van der Waals surface area contributed by atoms with E-state index in [-0.39, 0.29) is 0 Å². The number of halogens is 1. The Bertz CT molecular complexity index is 540. The summed E-state index contributed by atoms with van der Waals surface area (Å²) in [6.07, 6.45) is 5.85. The lowest BCUT2D eigenvalue weighted by molar-refractivity contribution is 0.233. The van der Waals surface area contributed by atoms with Gasteiger partial charge in [-0.15, -0.1) is 6.42 Å². The highest BCUT2D eigenvalue weighted by molar-refractivity contribution is 6.30. The van der Waals surface area contributed by atoms with E-state index in [0.29, 0.717) is 10.7 Å². The van der Waals surface area contributed by atoms with Gasteiger partial charge in [-0.1, -0.05) is 35.7 Å². The molecule has 2 rings (SSSR count). The van der Waals surface area contributed by atoms with Crippen molar-refractivity contribution in [3.8, 4) is 23.5 Å². The predicted octanol–water partition coefficient (Wildman–Crippen LogP) is 3.07. The van der Waals surface area contributed by atoms with E-state index in [1.807, 2.05) is 30.3 Å². The van der Waals surface area contributed by atoms with E-state index in [0.717, 1.165) is 11.1 Å². The molecule has 84 valence electrons. The van der Waals surface area contributed by atoms with E-state index in [9.17, 15) is 5.11 Å². The Labute approximate surface area is 105 Å². The van der Waals surface area contributed by atoms with Crippen LogP contribution in [0, 0.1) is 12.3 Å². The Morgan fingerprint density at radius 3 is 2.29 bits per heavy atom. The number of hydrogen-bond donors (Lipinski definition) is 1. The summed E-state index contributed by atoms with van der Waals surface area (Å²) in [5.74, 6) is 2.22. The van der Waals surface area contributed by atoms with Crippen molar-refractivity contribution in [3.63, 3.8) is 0 Å². The molecule has 0 spiro atoms. The second-order valence-electron chi connectivity index (χ2n) is 3.55. The monoisotopic (exact) mass is 243 g/mol. The summed E-state index contributed by atoms with van der Waals surface area (Å²) in [4.78, 5) is 4.12. The maximum atomic E-state index is 9.41. The molecular weight excluding hydrogens is 234 g/mol. The van der Waals surface area contributed by atoms with Crippen molar-refractivity contribution in [3.05, 3.63) is 53.3 Å². The van der Waals surface area contributed by atoms with Crippen molar-refractivity contribution >= 4 is 11.6 Å². The Kier molecular flexibility index (Phi) is 3.43. The van der Waals surface area contributed by atoms with Crippen LogP contribution in [0.25, 0.3) is 11.1 Å². The second kappa shape index (κ2) is 5.01. The van der Waals surface area contributed by atoms with Crippen LogP contribution in [0.3, 0.4) is 0 Å². The number of pyridine rings is 1. The van der Waals surface area contributed by atoms with Gasteiger partial charge in [0.25, 0.3) is 0 Å². The molecule has 0 radical (unpaired) electrons. The number of aliphatic hydroxyl groups excluding tert-OH is 1. The van der Waals surface area contributed by atoms with E-state index < -0.39 is 6.10 Å². The van der Waals surface area contributed by atoms with Gasteiger partial charge in [-0.3, -0.25) is 4.98 Å². The van der Waals surface area contributed by atoms with Gasteiger partial charge in [0, 0.05) is 16.8 Å². The quantitative estimate of drug-likeness (QED) is 0.823. The lowest BCUT2D eigenvalue weighted by Crippen LogP contribution is -1.96. The zero-order valence-corrected chi connectivity index (χ0v) is 9.72. The normalized spacial score (nSPS) is 11.8. The van der Waals surface area contributed by atoms with Crippen LogP contribution in [-0.2, 0) is 0 Å². The number of terminal acetylenes is 1. The smallest absolute Gasteiger partial charge is 0.156 e. The molecule has 0 aliphatic carbocycles. The van der Waals surface area contributed by atoms with Crippen LogP contribution in [-0.4, -0.2) is 10.1 Å². The number of nitrogens with zero attached hydrogens (tertiary/aromatic N) is 1. The predicted molar refractivity (Wildman–Crippen MR) is 68.5 cm³/mol. The molecule has 1 unspecified atom stereocenters. The van der Waals surface area contributed by atoms with Crippen molar-refractivity contribution in [2.24, 2.45) is 0 Å². The molecule has 1 aromatic carbocycles. The zero-order chi connectivity index (χ0) is 12.3. The van der Waals surface area contributed by atoms with Crippen LogP contribution >= 0.6 is 11.6 Å². The van der Waals surface area contributed by atoms with Gasteiger partial charge in [0.2, 0.25) is 0 Å². The van der Waals surface area contributed by atoms with Gasteiger partial charge < -0.3 is 5.11 Å². The molecule has 0 fully saturated rings. The fraction of sp³-hybridized carbons (Fsp3) is 0.0714. The summed E-state index contributed by atoms with van der Waals surface area (Å²) in [6, 6.07) is 11.1. The molecule has 1 atom stereocenters. The van der Waals surface area contributed by atoms with Crippen molar-refractivity contribution in [2.45, 2.75) is 6.10 Å². The molecule has 1 aromatic heterocycles. The highest BCUT2D eigenvalue weighted by atomic mass is 35.5. The Hall–Kier alpha value is -1.82. The molecule has 2 nitrogen and oxygen atoms in total. The minimum absolute atomic E-state index is 0.477. The van der Waals surface area contributed by atoms with Crippen molar-refractivity contribution in [1.29, 1.82) is 0 Å². The third-order valence-electron chi connectivity index (χ3n) is 2.40. The molecule has 0 bridgehead atoms. The first-order valence-corrected chi connectivity index (χ1v) is 5.44. The molecule has 1 heterocycles. The van der Waals surface area contributed by atoms with Crippen LogP contribution < -0.4 is 0 Å². The molecule has 3 heteroatoms. The minimum Gasteiger partial charge on any atom is -0.374 e. The minimum atomic E-state index is -0.950. The number of aliphatic hydroxyl groups is 1. The van der Waals surface area contributed by atoms with Gasteiger partial charge in [-0.2, -0.15) is 0 Å². The maximum absolute atomic E-state index is 9.41. The van der Waals surface area contributed by atoms with Crippen LogP contribution in [0.1, 0.15) is 11.8 Å². The van der Waals surface area contributed by atoms with Gasteiger partial charge in [-0.25, -0.2) is 0 Å². The van der Waals surface area contributed by atoms with Crippen LogP contribution in [0.4, 0.5) is 0 Å². The Balaban J connectivity index is 2.30. The van der Waals surface area contributed by atoms with Crippen molar-refractivity contribution in [2.75, 3.05) is 0 Å². The Morgan fingerprint density at radius 2 is 1.76 bits per heavy atom. The lowest BCUT2D eigenvalue weighted by atomic mass is 10.1. The molecule has 0 aliphatic heterocycles. The summed E-state index contributed by atoms with van der Waals surface area (Å²) < 4.78 is 0. The summed E-state index contributed by atoms with van der Waals surface area (Å²) in [7, 11) is 0. The second-order valence-corrected chi connectivity index (χ2v) is 3.98. The first-order chi connectivity index (χ1) is 8.20. The van der Waals surface area contributed by atoms with Crippen LogP contribution in [0.5, 0.6) is 0 Å². The van der Waals surface area contributed by atoms with Gasteiger partial charge in [0.15, 0.2) is 6.10 Å². The average Bonchev–Trinajstić information content (AvgIpc) is 2.39. The van der Waals surface area contributed by atoms with E-state index in [1.54, 1.807) is 12.3 Å². The van der Waals surface area contributed by atoms with Gasteiger partial charge >= 0.3 is 0 Å². The molecule has 17 heavy (non-hydrogen) atoms. The first-order valence-electron chi connectivity index (χ1n) is 5.07. The number of aromatic nitrogens is 1. The van der Waals surface area contributed by atoms with Gasteiger partial charge in [0.1, 0.15) is 0 Å². The molecule has 1 N–H and O–H groups in total. The summed E-state index contributed by atoms with van der Waals surface area (Å²) in [6.45, 7) is 0. The fourth-order valence-corrected chi connectivity index (χ4v) is 1.59. The third-order valence-corrected chi connectivity index (χ3v) is 2.65. The third kappa shape index (κ3) is 2.65. The van der Waals surface area contributed by atoms with E-state index in [1.165, 1.54) is 0 Å². The van der Waals surface area contributed by atoms with Crippen molar-refractivity contribution in [1.82, 2.24) is 4.98 Å². The van der Waals surface area contributed by atoms with Crippen molar-refractivity contribution < 1.29 is 5.11 Å². The largest absolute Gasteiger partial charge is 0.374 e. The molecule has 0 amide bonds. The van der Waals surface area contributed by atoms with Gasteiger partial charge in [-0.05, 0) is 23.8 Å². The van der Waals surface area contributed by atoms with E-state index in [4.69, 9.17) is 18.0 Å². The summed E-state index contributed by atoms with van der Waals surface area (Å²) in [5.41, 5.74) is 2.45. The van der Waals surface area contributed by atoms with E-state index >= 15 is 0 Å². The lowest BCUT2D eigenvalue weighted by Gasteiger charge is -2.05. The number of benzene rings is 1. The molecular formula is C14H10ClNO.